The molecule has 31 heavy (non-hydrogen) atoms. The van der Waals surface area contributed by atoms with E-state index < -0.39 is 44.0 Å². The molecule has 2 N–H and O–H groups in total. The molecule has 0 aliphatic heterocycles. The fourth-order valence-corrected chi connectivity index (χ4v) is 3.68. The summed E-state index contributed by atoms with van der Waals surface area (Å²) in [5.74, 6) is -1.90. The Morgan fingerprint density at radius 1 is 1.06 bits per heavy atom. The number of esters is 1. The number of nitrogens with one attached hydrogen (secondary N) is 2. The van der Waals surface area contributed by atoms with Crippen molar-refractivity contribution < 1.29 is 27.9 Å². The van der Waals surface area contributed by atoms with Gasteiger partial charge in [-0.2, -0.15) is 0 Å². The Morgan fingerprint density at radius 3 is 2.13 bits per heavy atom. The van der Waals surface area contributed by atoms with E-state index in [-0.39, 0.29) is 17.9 Å². The summed E-state index contributed by atoms with van der Waals surface area (Å²) in [7, 11) is -0.758. The predicted molar refractivity (Wildman–Crippen MR) is 119 cm³/mol. The van der Waals surface area contributed by atoms with E-state index >= 15 is 0 Å². The molecule has 0 spiro atoms. The van der Waals surface area contributed by atoms with Crippen molar-refractivity contribution >= 4 is 26.1 Å². The first kappa shape index (κ1) is 26.8. The summed E-state index contributed by atoms with van der Waals surface area (Å²) in [5.41, 5.74) is 0.672. The lowest BCUT2D eigenvalue weighted by atomic mass is 10.0. The molecule has 0 heterocycles. The number of ether oxygens (including phenoxy) is 1. The molecule has 2 atom stereocenters. The van der Waals surface area contributed by atoms with Gasteiger partial charge >= 0.3 is 5.97 Å². The van der Waals surface area contributed by atoms with E-state index in [9.17, 15) is 18.8 Å². The molecule has 7 nitrogen and oxygen atoms in total. The molecule has 0 aliphatic rings. The number of halogens is 1. The molecule has 1 aromatic carbocycles. The van der Waals surface area contributed by atoms with Crippen LogP contribution in [0.1, 0.15) is 39.7 Å². The van der Waals surface area contributed by atoms with Crippen LogP contribution in [-0.4, -0.2) is 51.9 Å². The van der Waals surface area contributed by atoms with Gasteiger partial charge in [0.2, 0.25) is 11.8 Å². The Morgan fingerprint density at radius 2 is 1.65 bits per heavy atom. The van der Waals surface area contributed by atoms with Crippen molar-refractivity contribution in [1.29, 1.82) is 0 Å². The highest BCUT2D eigenvalue weighted by Crippen LogP contribution is 2.36. The Bertz CT molecular complexity index is 762. The minimum atomic E-state index is -2.01. The van der Waals surface area contributed by atoms with E-state index in [4.69, 9.17) is 9.16 Å². The first-order valence-corrected chi connectivity index (χ1v) is 13.2. The van der Waals surface area contributed by atoms with Gasteiger partial charge in [0.05, 0.1) is 7.11 Å². The van der Waals surface area contributed by atoms with Crippen LogP contribution in [0.15, 0.2) is 24.3 Å². The van der Waals surface area contributed by atoms with E-state index in [0.29, 0.717) is 12.2 Å². The van der Waals surface area contributed by atoms with Gasteiger partial charge in [0.25, 0.3) is 0 Å². The van der Waals surface area contributed by atoms with Crippen LogP contribution in [0.3, 0.4) is 0 Å². The van der Waals surface area contributed by atoms with E-state index in [1.807, 2.05) is 0 Å². The Kier molecular flexibility index (Phi) is 9.83. The third-order valence-corrected chi connectivity index (χ3v) is 10.1. The van der Waals surface area contributed by atoms with Gasteiger partial charge in [0.1, 0.15) is 17.9 Å². The van der Waals surface area contributed by atoms with Crippen molar-refractivity contribution in [2.45, 2.75) is 70.8 Å². The molecule has 0 fully saturated rings. The molecule has 0 unspecified atom stereocenters. The summed E-state index contributed by atoms with van der Waals surface area (Å²) in [6.07, 6.45) is 0.397. The first-order chi connectivity index (χ1) is 14.3. The number of hydrogen-bond acceptors (Lipinski definition) is 5. The topological polar surface area (TPSA) is 93.7 Å². The highest BCUT2D eigenvalue weighted by molar-refractivity contribution is 6.74. The van der Waals surface area contributed by atoms with Gasteiger partial charge in [-0.1, -0.05) is 32.9 Å². The lowest BCUT2D eigenvalue weighted by Gasteiger charge is -2.36. The molecule has 0 aliphatic carbocycles. The number of methoxy groups -OCH3 is 1. The van der Waals surface area contributed by atoms with Crippen LogP contribution in [0.2, 0.25) is 18.1 Å². The maximum Gasteiger partial charge on any atom is 0.328 e. The molecule has 0 bridgehead atoms. The van der Waals surface area contributed by atoms with Crippen LogP contribution in [0.25, 0.3) is 0 Å². The van der Waals surface area contributed by atoms with E-state index in [2.05, 4.69) is 44.5 Å². The number of hydrogen-bond donors (Lipinski definition) is 2. The largest absolute Gasteiger partial charge is 0.467 e. The summed E-state index contributed by atoms with van der Waals surface area (Å²) in [5, 5.41) is 5.26. The van der Waals surface area contributed by atoms with Crippen LogP contribution in [0.4, 0.5) is 4.39 Å². The number of carbonyl (C=O) groups excluding carboxylic acids is 3. The quantitative estimate of drug-likeness (QED) is 0.419. The van der Waals surface area contributed by atoms with Gasteiger partial charge in [0.15, 0.2) is 8.32 Å². The Hall–Kier alpha value is -2.26. The van der Waals surface area contributed by atoms with Crippen molar-refractivity contribution in [2.75, 3.05) is 13.7 Å². The van der Waals surface area contributed by atoms with Crippen LogP contribution in [0, 0.1) is 5.82 Å². The fourth-order valence-electron chi connectivity index (χ4n) is 2.62. The Labute approximate surface area is 185 Å². The zero-order chi connectivity index (χ0) is 23.8. The van der Waals surface area contributed by atoms with Crippen molar-refractivity contribution in [3.05, 3.63) is 35.6 Å². The molecule has 1 rings (SSSR count). The summed E-state index contributed by atoms with van der Waals surface area (Å²) in [6, 6.07) is 3.83. The minimum absolute atomic E-state index is 0.0165. The maximum absolute atomic E-state index is 13.2. The van der Waals surface area contributed by atoms with Crippen LogP contribution in [0.5, 0.6) is 0 Å². The van der Waals surface area contributed by atoms with Gasteiger partial charge in [-0.25, -0.2) is 9.18 Å². The molecule has 0 saturated carbocycles. The molecule has 0 saturated heterocycles. The number of carbonyl (C=O) groups is 3. The zero-order valence-corrected chi connectivity index (χ0v) is 20.5. The zero-order valence-electron chi connectivity index (χ0n) is 19.5. The monoisotopic (exact) mass is 454 g/mol. The fraction of sp³-hybridized carbons (Fsp3) is 0.591. The smallest absolute Gasteiger partial charge is 0.328 e. The van der Waals surface area contributed by atoms with Gasteiger partial charge < -0.3 is 19.8 Å². The summed E-state index contributed by atoms with van der Waals surface area (Å²) < 4.78 is 24.1. The van der Waals surface area contributed by atoms with Crippen LogP contribution in [-0.2, 0) is 30.0 Å². The second-order valence-electron chi connectivity index (χ2n) is 9.07. The predicted octanol–water partition coefficient (Wildman–Crippen LogP) is 2.94. The lowest BCUT2D eigenvalue weighted by Crippen LogP contribution is -2.53. The molecule has 0 aromatic heterocycles. The minimum Gasteiger partial charge on any atom is -0.467 e. The molecule has 174 valence electrons. The first-order valence-electron chi connectivity index (χ1n) is 10.3. The highest BCUT2D eigenvalue weighted by Gasteiger charge is 2.37. The average molecular weight is 455 g/mol. The van der Waals surface area contributed by atoms with Gasteiger partial charge in [-0.3, -0.25) is 9.59 Å². The standard InChI is InChI=1S/C22H35FN2O5Si/c1-15(26)24-19(14-16-8-10-17(23)11-9-16)20(27)25-18(21(28)29-5)12-13-30-31(6,7)22(2,3)4/h8-11,18-19H,12-14H2,1-7H3,(H,24,26)(H,25,27)/t18-,19-/m1/s1. The lowest BCUT2D eigenvalue weighted by molar-refractivity contribution is -0.145. The molecule has 9 heteroatoms. The van der Waals surface area contributed by atoms with Crippen molar-refractivity contribution in [1.82, 2.24) is 10.6 Å². The van der Waals surface area contributed by atoms with E-state index in [1.54, 1.807) is 12.1 Å². The van der Waals surface area contributed by atoms with Crippen LogP contribution < -0.4 is 10.6 Å². The van der Waals surface area contributed by atoms with Gasteiger partial charge in [0, 0.05) is 26.4 Å². The van der Waals surface area contributed by atoms with Crippen LogP contribution >= 0.6 is 0 Å². The third-order valence-electron chi connectivity index (χ3n) is 5.52. The maximum atomic E-state index is 13.2. The van der Waals surface area contributed by atoms with Crippen molar-refractivity contribution in [3.8, 4) is 0 Å². The van der Waals surface area contributed by atoms with E-state index in [0.717, 1.165) is 0 Å². The number of amides is 2. The second-order valence-corrected chi connectivity index (χ2v) is 13.9. The van der Waals surface area contributed by atoms with E-state index in [1.165, 1.54) is 26.2 Å². The number of benzene rings is 1. The molecular formula is C22H35FN2O5Si. The summed E-state index contributed by atoms with van der Waals surface area (Å²) in [6.45, 7) is 12.2. The number of rotatable bonds is 10. The molecule has 2 amide bonds. The normalized spacial score (nSPS) is 13.8. The molecule has 0 radical (unpaired) electrons. The molecular weight excluding hydrogens is 419 g/mol. The average Bonchev–Trinajstić information content (AvgIpc) is 2.66. The second kappa shape index (κ2) is 11.4. The Balaban J connectivity index is 2.86. The van der Waals surface area contributed by atoms with Gasteiger partial charge in [-0.15, -0.1) is 0 Å². The SMILES string of the molecule is COC(=O)[C@@H](CCO[Si](C)(C)C(C)(C)C)NC(=O)[C@@H](Cc1ccc(F)cc1)NC(C)=O. The third kappa shape index (κ3) is 8.78. The summed E-state index contributed by atoms with van der Waals surface area (Å²) >= 11 is 0. The van der Waals surface area contributed by atoms with Crippen molar-refractivity contribution in [3.63, 3.8) is 0 Å². The highest BCUT2D eigenvalue weighted by atomic mass is 28.4. The molecule has 1 aromatic rings. The summed E-state index contributed by atoms with van der Waals surface area (Å²) in [4.78, 5) is 36.7. The van der Waals surface area contributed by atoms with Gasteiger partial charge in [-0.05, 0) is 35.8 Å². The van der Waals surface area contributed by atoms with Crippen molar-refractivity contribution in [2.24, 2.45) is 0 Å².